The van der Waals surface area contributed by atoms with Gasteiger partial charge in [0.2, 0.25) is 0 Å². The van der Waals surface area contributed by atoms with Gasteiger partial charge in [-0.2, -0.15) is 0 Å². The monoisotopic (exact) mass is 272 g/mol. The van der Waals surface area contributed by atoms with E-state index in [2.05, 4.69) is 5.16 Å². The molecule has 0 saturated heterocycles. The lowest BCUT2D eigenvalue weighted by Crippen LogP contribution is -2.32. The lowest BCUT2D eigenvalue weighted by Gasteiger charge is -2.29. The fourth-order valence-electron chi connectivity index (χ4n) is 2.50. The third-order valence-electron chi connectivity index (χ3n) is 4.01. The molecule has 0 heterocycles. The van der Waals surface area contributed by atoms with Crippen LogP contribution in [-0.4, -0.2) is 37.0 Å². The van der Waals surface area contributed by atoms with Gasteiger partial charge in [-0.1, -0.05) is 19.0 Å². The van der Waals surface area contributed by atoms with Crippen LogP contribution in [0.2, 0.25) is 0 Å². The van der Waals surface area contributed by atoms with Gasteiger partial charge in [-0.25, -0.2) is 0 Å². The first-order chi connectivity index (χ1) is 8.99. The average Bonchev–Trinajstić information content (AvgIpc) is 2.43. The number of nitrogens with zero attached hydrogens (tertiary/aromatic N) is 1. The maximum atomic E-state index is 8.70. The molecular weight excluding hydrogens is 244 g/mol. The molecule has 0 aromatic carbocycles. The Morgan fingerprint density at radius 1 is 1.37 bits per heavy atom. The first kappa shape index (κ1) is 16.2. The SMILES string of the molecule is COC1CCCC(OCCCC(C)(C)C(N)=NO)C1. The van der Waals surface area contributed by atoms with Crippen LogP contribution < -0.4 is 5.73 Å². The second kappa shape index (κ2) is 7.70. The number of hydrogen-bond acceptors (Lipinski definition) is 4. The van der Waals surface area contributed by atoms with Gasteiger partial charge in [-0.15, -0.1) is 0 Å². The Bertz CT molecular complexity index is 292. The molecule has 0 radical (unpaired) electrons. The third kappa shape index (κ3) is 5.37. The quantitative estimate of drug-likeness (QED) is 0.245. The van der Waals surface area contributed by atoms with E-state index in [-0.39, 0.29) is 11.3 Å². The molecule has 3 N–H and O–H groups in total. The van der Waals surface area contributed by atoms with Gasteiger partial charge in [-0.3, -0.25) is 0 Å². The summed E-state index contributed by atoms with van der Waals surface area (Å²) in [6, 6.07) is 0. The Kier molecular flexibility index (Phi) is 6.58. The molecule has 0 aliphatic heterocycles. The number of oxime groups is 1. The molecule has 1 rings (SSSR count). The van der Waals surface area contributed by atoms with Gasteiger partial charge in [0, 0.05) is 19.1 Å². The van der Waals surface area contributed by atoms with E-state index in [0.717, 1.165) is 38.7 Å². The molecule has 0 aromatic rings. The number of methoxy groups -OCH3 is 1. The van der Waals surface area contributed by atoms with Crippen LogP contribution in [-0.2, 0) is 9.47 Å². The highest BCUT2D eigenvalue weighted by atomic mass is 16.5. The van der Waals surface area contributed by atoms with Crippen molar-refractivity contribution in [2.75, 3.05) is 13.7 Å². The minimum atomic E-state index is -0.278. The Morgan fingerprint density at radius 2 is 2.05 bits per heavy atom. The number of ether oxygens (including phenoxy) is 2. The minimum absolute atomic E-state index is 0.278. The van der Waals surface area contributed by atoms with E-state index in [1.54, 1.807) is 7.11 Å². The molecular formula is C14H28N2O3. The van der Waals surface area contributed by atoms with Crippen molar-refractivity contribution in [3.63, 3.8) is 0 Å². The molecule has 5 nitrogen and oxygen atoms in total. The van der Waals surface area contributed by atoms with E-state index in [1.807, 2.05) is 13.8 Å². The predicted molar refractivity (Wildman–Crippen MR) is 75.4 cm³/mol. The molecule has 1 saturated carbocycles. The van der Waals surface area contributed by atoms with Crippen LogP contribution in [0.1, 0.15) is 52.4 Å². The maximum Gasteiger partial charge on any atom is 0.144 e. The Morgan fingerprint density at radius 3 is 2.68 bits per heavy atom. The fraction of sp³-hybridized carbons (Fsp3) is 0.929. The Balaban J connectivity index is 2.20. The molecule has 19 heavy (non-hydrogen) atoms. The van der Waals surface area contributed by atoms with Crippen LogP contribution in [0.5, 0.6) is 0 Å². The van der Waals surface area contributed by atoms with Crippen molar-refractivity contribution in [1.29, 1.82) is 0 Å². The predicted octanol–water partition coefficient (Wildman–Crippen LogP) is 2.51. The second-order valence-corrected chi connectivity index (χ2v) is 5.99. The molecule has 112 valence electrons. The normalized spacial score (nSPS) is 25.5. The van der Waals surface area contributed by atoms with Gasteiger partial charge < -0.3 is 20.4 Å². The molecule has 1 fully saturated rings. The Hall–Kier alpha value is -0.810. The highest BCUT2D eigenvalue weighted by molar-refractivity contribution is 5.85. The standard InChI is InChI=1S/C14H28N2O3/c1-14(2,13(15)16-17)8-5-9-19-12-7-4-6-11(10-12)18-3/h11-12,17H,4-10H2,1-3H3,(H2,15,16). The zero-order valence-electron chi connectivity index (χ0n) is 12.4. The van der Waals surface area contributed by atoms with Crippen molar-refractivity contribution >= 4 is 5.84 Å². The van der Waals surface area contributed by atoms with Gasteiger partial charge in [-0.05, 0) is 38.5 Å². The molecule has 2 unspecified atom stereocenters. The van der Waals surface area contributed by atoms with E-state index < -0.39 is 0 Å². The van der Waals surface area contributed by atoms with E-state index in [0.29, 0.717) is 12.2 Å². The third-order valence-corrected chi connectivity index (χ3v) is 4.01. The first-order valence-corrected chi connectivity index (χ1v) is 7.12. The summed E-state index contributed by atoms with van der Waals surface area (Å²) in [5, 5.41) is 11.8. The number of rotatable bonds is 7. The summed E-state index contributed by atoms with van der Waals surface area (Å²) in [6.07, 6.45) is 6.90. The number of hydrogen-bond donors (Lipinski definition) is 2. The van der Waals surface area contributed by atoms with E-state index >= 15 is 0 Å². The lowest BCUT2D eigenvalue weighted by atomic mass is 9.87. The topological polar surface area (TPSA) is 77.1 Å². The summed E-state index contributed by atoms with van der Waals surface area (Å²) in [6.45, 7) is 4.68. The van der Waals surface area contributed by atoms with E-state index in [4.69, 9.17) is 20.4 Å². The van der Waals surface area contributed by atoms with Gasteiger partial charge in [0.05, 0.1) is 12.2 Å². The summed E-state index contributed by atoms with van der Waals surface area (Å²) >= 11 is 0. The zero-order chi connectivity index (χ0) is 14.3. The Labute approximate surface area is 116 Å². The van der Waals surface area contributed by atoms with Crippen molar-refractivity contribution in [1.82, 2.24) is 0 Å². The molecule has 1 aliphatic carbocycles. The second-order valence-electron chi connectivity index (χ2n) is 5.99. The lowest BCUT2D eigenvalue weighted by molar-refractivity contribution is -0.0311. The first-order valence-electron chi connectivity index (χ1n) is 7.12. The van der Waals surface area contributed by atoms with Crippen LogP contribution in [0.25, 0.3) is 0 Å². The average molecular weight is 272 g/mol. The molecule has 0 amide bonds. The molecule has 1 aliphatic rings. The van der Waals surface area contributed by atoms with Crippen molar-refractivity contribution in [2.24, 2.45) is 16.3 Å². The largest absolute Gasteiger partial charge is 0.409 e. The van der Waals surface area contributed by atoms with Gasteiger partial charge in [0.1, 0.15) is 5.84 Å². The van der Waals surface area contributed by atoms with Crippen LogP contribution in [0, 0.1) is 5.41 Å². The molecule has 0 aromatic heterocycles. The molecule has 0 bridgehead atoms. The molecule has 5 heteroatoms. The van der Waals surface area contributed by atoms with Crippen molar-refractivity contribution in [2.45, 2.75) is 64.6 Å². The van der Waals surface area contributed by atoms with Crippen molar-refractivity contribution < 1.29 is 14.7 Å². The maximum absolute atomic E-state index is 8.70. The highest BCUT2D eigenvalue weighted by Gasteiger charge is 2.24. The minimum Gasteiger partial charge on any atom is -0.409 e. The summed E-state index contributed by atoms with van der Waals surface area (Å²) < 4.78 is 11.3. The molecule has 2 atom stereocenters. The van der Waals surface area contributed by atoms with E-state index in [9.17, 15) is 0 Å². The fourth-order valence-corrected chi connectivity index (χ4v) is 2.50. The van der Waals surface area contributed by atoms with Crippen LogP contribution in [0.3, 0.4) is 0 Å². The van der Waals surface area contributed by atoms with Crippen molar-refractivity contribution in [3.05, 3.63) is 0 Å². The van der Waals surface area contributed by atoms with Crippen LogP contribution in [0.4, 0.5) is 0 Å². The van der Waals surface area contributed by atoms with Gasteiger partial charge >= 0.3 is 0 Å². The zero-order valence-corrected chi connectivity index (χ0v) is 12.4. The summed E-state index contributed by atoms with van der Waals surface area (Å²) in [7, 11) is 1.77. The molecule has 0 spiro atoms. The summed E-state index contributed by atoms with van der Waals surface area (Å²) in [5.41, 5.74) is 5.38. The summed E-state index contributed by atoms with van der Waals surface area (Å²) in [5.74, 6) is 0.282. The van der Waals surface area contributed by atoms with Crippen LogP contribution >= 0.6 is 0 Å². The number of amidine groups is 1. The summed E-state index contributed by atoms with van der Waals surface area (Å²) in [4.78, 5) is 0. The number of nitrogens with two attached hydrogens (primary N) is 1. The van der Waals surface area contributed by atoms with E-state index in [1.165, 1.54) is 6.42 Å². The smallest absolute Gasteiger partial charge is 0.144 e. The highest BCUT2D eigenvalue weighted by Crippen LogP contribution is 2.25. The van der Waals surface area contributed by atoms with Crippen molar-refractivity contribution in [3.8, 4) is 0 Å². The van der Waals surface area contributed by atoms with Gasteiger partial charge in [0.15, 0.2) is 0 Å². The van der Waals surface area contributed by atoms with Crippen LogP contribution in [0.15, 0.2) is 5.16 Å². The van der Waals surface area contributed by atoms with Gasteiger partial charge in [0.25, 0.3) is 0 Å².